The van der Waals surface area contributed by atoms with Gasteiger partial charge in [0.2, 0.25) is 5.91 Å². The SMILES string of the molecule is CC(C)Cn1nc(C(=O)OCC(=O)N2CCC(C(N)=O)CC2)c2ccccc2c1=O. The molecule has 1 aromatic carbocycles. The lowest BCUT2D eigenvalue weighted by molar-refractivity contribution is -0.137. The number of carbonyl (C=O) groups is 3. The molecule has 9 heteroatoms. The third kappa shape index (κ3) is 4.67. The smallest absolute Gasteiger partial charge is 0.359 e. The maximum atomic E-state index is 12.7. The van der Waals surface area contributed by atoms with Crippen LogP contribution in [0.15, 0.2) is 29.1 Å². The van der Waals surface area contributed by atoms with Gasteiger partial charge in [0.25, 0.3) is 11.5 Å². The van der Waals surface area contributed by atoms with Gasteiger partial charge in [0, 0.05) is 30.9 Å². The van der Waals surface area contributed by atoms with Gasteiger partial charge in [-0.15, -0.1) is 0 Å². The molecule has 9 nitrogen and oxygen atoms in total. The number of fused-ring (bicyclic) bond motifs is 1. The molecule has 2 aromatic rings. The second-order valence-electron chi connectivity index (χ2n) is 7.91. The Hall–Kier alpha value is -3.23. The van der Waals surface area contributed by atoms with Gasteiger partial charge in [-0.1, -0.05) is 32.0 Å². The van der Waals surface area contributed by atoms with E-state index in [0.29, 0.717) is 43.2 Å². The number of aromatic nitrogens is 2. The Kier molecular flexibility index (Phi) is 6.49. The first-order valence-electron chi connectivity index (χ1n) is 10.0. The highest BCUT2D eigenvalue weighted by molar-refractivity contribution is 6.02. The molecule has 160 valence electrons. The summed E-state index contributed by atoms with van der Waals surface area (Å²) in [5, 5.41) is 4.98. The van der Waals surface area contributed by atoms with E-state index in [-0.39, 0.29) is 34.9 Å². The molecule has 1 aliphatic heterocycles. The zero-order valence-electron chi connectivity index (χ0n) is 17.2. The third-order valence-electron chi connectivity index (χ3n) is 5.18. The fraction of sp³-hybridized carbons (Fsp3) is 0.476. The molecule has 0 saturated carbocycles. The molecule has 0 unspecified atom stereocenters. The van der Waals surface area contributed by atoms with Crippen LogP contribution in [0.5, 0.6) is 0 Å². The van der Waals surface area contributed by atoms with E-state index in [2.05, 4.69) is 5.10 Å². The molecule has 2 N–H and O–H groups in total. The molecule has 0 radical (unpaired) electrons. The van der Waals surface area contributed by atoms with Gasteiger partial charge in [-0.25, -0.2) is 9.48 Å². The minimum Gasteiger partial charge on any atom is -0.451 e. The molecule has 3 rings (SSSR count). The molecular weight excluding hydrogens is 388 g/mol. The predicted octanol–water partition coefficient (Wildman–Crippen LogP) is 0.933. The Morgan fingerprint density at radius 1 is 1.17 bits per heavy atom. The minimum absolute atomic E-state index is 0.00564. The number of likely N-dealkylation sites (tertiary alicyclic amines) is 1. The molecule has 30 heavy (non-hydrogen) atoms. The van der Waals surface area contributed by atoms with Crippen molar-refractivity contribution in [3.63, 3.8) is 0 Å². The molecule has 2 amide bonds. The van der Waals surface area contributed by atoms with Crippen molar-refractivity contribution < 1.29 is 19.1 Å². The van der Waals surface area contributed by atoms with E-state index in [9.17, 15) is 19.2 Å². The van der Waals surface area contributed by atoms with Gasteiger partial charge < -0.3 is 15.4 Å². The second kappa shape index (κ2) is 9.06. The molecule has 0 spiro atoms. The predicted molar refractivity (Wildman–Crippen MR) is 110 cm³/mol. The standard InChI is InChI=1S/C21H26N4O5/c1-13(2)11-25-20(28)16-6-4-3-5-15(16)18(23-25)21(29)30-12-17(26)24-9-7-14(8-10-24)19(22)27/h3-6,13-14H,7-12H2,1-2H3,(H2,22,27). The zero-order chi connectivity index (χ0) is 21.8. The van der Waals surface area contributed by atoms with Crippen molar-refractivity contribution in [2.24, 2.45) is 17.6 Å². The van der Waals surface area contributed by atoms with E-state index in [0.717, 1.165) is 0 Å². The second-order valence-corrected chi connectivity index (χ2v) is 7.91. The van der Waals surface area contributed by atoms with Gasteiger partial charge in [0.1, 0.15) is 0 Å². The number of carbonyl (C=O) groups excluding carboxylic acids is 3. The van der Waals surface area contributed by atoms with Crippen LogP contribution < -0.4 is 11.3 Å². The van der Waals surface area contributed by atoms with Crippen molar-refractivity contribution in [2.75, 3.05) is 19.7 Å². The lowest BCUT2D eigenvalue weighted by Gasteiger charge is -2.30. The molecule has 2 heterocycles. The first-order chi connectivity index (χ1) is 14.3. The summed E-state index contributed by atoms with van der Waals surface area (Å²) in [6.07, 6.45) is 1.00. The first-order valence-corrected chi connectivity index (χ1v) is 10.0. The summed E-state index contributed by atoms with van der Waals surface area (Å²) >= 11 is 0. The summed E-state index contributed by atoms with van der Waals surface area (Å²) in [4.78, 5) is 50.5. The van der Waals surface area contributed by atoms with Gasteiger partial charge in [-0.3, -0.25) is 14.4 Å². The van der Waals surface area contributed by atoms with Crippen molar-refractivity contribution in [3.8, 4) is 0 Å². The molecule has 0 bridgehead atoms. The van der Waals surface area contributed by atoms with Crippen LogP contribution in [0, 0.1) is 11.8 Å². The van der Waals surface area contributed by atoms with Gasteiger partial charge in [-0.05, 0) is 24.8 Å². The minimum atomic E-state index is -0.760. The maximum absolute atomic E-state index is 12.7. The van der Waals surface area contributed by atoms with Crippen LogP contribution >= 0.6 is 0 Å². The quantitative estimate of drug-likeness (QED) is 0.701. The number of rotatable bonds is 6. The number of amides is 2. The summed E-state index contributed by atoms with van der Waals surface area (Å²) < 4.78 is 6.49. The van der Waals surface area contributed by atoms with E-state index in [4.69, 9.17) is 10.5 Å². The van der Waals surface area contributed by atoms with E-state index in [1.54, 1.807) is 29.2 Å². The number of hydrogen-bond donors (Lipinski definition) is 1. The molecule has 0 aliphatic carbocycles. The Bertz CT molecular complexity index is 1020. The molecule has 1 aliphatic rings. The summed E-state index contributed by atoms with van der Waals surface area (Å²) in [6, 6.07) is 6.70. The van der Waals surface area contributed by atoms with Gasteiger partial charge in [-0.2, -0.15) is 5.10 Å². The van der Waals surface area contributed by atoms with E-state index >= 15 is 0 Å². The van der Waals surface area contributed by atoms with Crippen LogP contribution in [0.3, 0.4) is 0 Å². The number of hydrogen-bond acceptors (Lipinski definition) is 6. The topological polar surface area (TPSA) is 125 Å². The average molecular weight is 414 g/mol. The van der Waals surface area contributed by atoms with Gasteiger partial charge in [0.05, 0.1) is 5.39 Å². The van der Waals surface area contributed by atoms with Crippen molar-refractivity contribution in [1.29, 1.82) is 0 Å². The van der Waals surface area contributed by atoms with Crippen LogP contribution in [0.2, 0.25) is 0 Å². The fourth-order valence-corrected chi connectivity index (χ4v) is 3.56. The highest BCUT2D eigenvalue weighted by Crippen LogP contribution is 2.18. The number of benzene rings is 1. The molecule has 0 atom stereocenters. The Balaban J connectivity index is 1.74. The van der Waals surface area contributed by atoms with E-state index < -0.39 is 12.6 Å². The maximum Gasteiger partial charge on any atom is 0.359 e. The summed E-state index contributed by atoms with van der Waals surface area (Å²) in [5.74, 6) is -1.53. The van der Waals surface area contributed by atoms with Crippen LogP contribution in [0.25, 0.3) is 10.8 Å². The van der Waals surface area contributed by atoms with E-state index in [1.165, 1.54) is 4.68 Å². The van der Waals surface area contributed by atoms with Crippen LogP contribution in [-0.2, 0) is 20.9 Å². The monoisotopic (exact) mass is 414 g/mol. The number of ether oxygens (including phenoxy) is 1. The van der Waals surface area contributed by atoms with Crippen LogP contribution in [-0.4, -0.2) is 52.2 Å². The average Bonchev–Trinajstić information content (AvgIpc) is 2.73. The molecule has 1 saturated heterocycles. The number of esters is 1. The van der Waals surface area contributed by atoms with Crippen molar-refractivity contribution in [3.05, 3.63) is 40.3 Å². The lowest BCUT2D eigenvalue weighted by atomic mass is 9.96. The third-order valence-corrected chi connectivity index (χ3v) is 5.18. The number of piperidine rings is 1. The van der Waals surface area contributed by atoms with E-state index in [1.807, 2.05) is 13.8 Å². The van der Waals surface area contributed by atoms with Gasteiger partial charge >= 0.3 is 5.97 Å². The largest absolute Gasteiger partial charge is 0.451 e. The molecule has 1 fully saturated rings. The number of primary amides is 1. The number of nitrogens with zero attached hydrogens (tertiary/aromatic N) is 3. The normalized spacial score (nSPS) is 14.8. The first kappa shape index (κ1) is 21.5. The zero-order valence-corrected chi connectivity index (χ0v) is 17.2. The van der Waals surface area contributed by atoms with Gasteiger partial charge in [0.15, 0.2) is 12.3 Å². The lowest BCUT2D eigenvalue weighted by Crippen LogP contribution is -2.43. The number of nitrogens with two attached hydrogens (primary N) is 1. The van der Waals surface area contributed by atoms with Crippen LogP contribution in [0.4, 0.5) is 0 Å². The van der Waals surface area contributed by atoms with Crippen molar-refractivity contribution >= 4 is 28.6 Å². The van der Waals surface area contributed by atoms with Crippen molar-refractivity contribution in [1.82, 2.24) is 14.7 Å². The highest BCUT2D eigenvalue weighted by atomic mass is 16.5. The molecular formula is C21H26N4O5. The Morgan fingerprint density at radius 3 is 2.40 bits per heavy atom. The Morgan fingerprint density at radius 2 is 1.80 bits per heavy atom. The van der Waals surface area contributed by atoms with Crippen molar-refractivity contribution in [2.45, 2.75) is 33.2 Å². The summed E-state index contributed by atoms with van der Waals surface area (Å²) in [7, 11) is 0. The Labute approximate surface area is 173 Å². The molecule has 1 aromatic heterocycles. The highest BCUT2D eigenvalue weighted by Gasteiger charge is 2.27. The van der Waals surface area contributed by atoms with Crippen LogP contribution in [0.1, 0.15) is 37.2 Å². The summed E-state index contributed by atoms with van der Waals surface area (Å²) in [5.41, 5.74) is 5.04. The summed E-state index contributed by atoms with van der Waals surface area (Å²) in [6.45, 7) is 4.61. The fourth-order valence-electron chi connectivity index (χ4n) is 3.56.